The van der Waals surface area contributed by atoms with E-state index in [1.807, 2.05) is 31.2 Å². The Hall–Kier alpha value is -4.15. The Labute approximate surface area is 228 Å². The van der Waals surface area contributed by atoms with Crippen molar-refractivity contribution in [3.8, 4) is 5.69 Å². The Bertz CT molecular complexity index is 1670. The molecule has 3 aromatic carbocycles. The van der Waals surface area contributed by atoms with Crippen LogP contribution in [0.3, 0.4) is 0 Å². The van der Waals surface area contributed by atoms with Crippen molar-refractivity contribution < 1.29 is 27.8 Å². The molecular formula is C30H29F3N4O3. The number of benzene rings is 3. The number of carbonyl (C=O) groups excluding carboxylic acids is 1. The number of hydrogen-bond acceptors (Lipinski definition) is 4. The summed E-state index contributed by atoms with van der Waals surface area (Å²) in [6.07, 6.45) is -2.38. The molecule has 2 atom stereocenters. The second-order valence-electron chi connectivity index (χ2n) is 9.80. The van der Waals surface area contributed by atoms with Crippen LogP contribution in [0.4, 0.5) is 13.2 Å². The van der Waals surface area contributed by atoms with Crippen LogP contribution in [0.1, 0.15) is 29.7 Å². The van der Waals surface area contributed by atoms with E-state index in [1.54, 1.807) is 29.8 Å². The molecule has 0 aliphatic rings. The highest BCUT2D eigenvalue weighted by Crippen LogP contribution is 2.48. The molecule has 0 saturated heterocycles. The Morgan fingerprint density at radius 2 is 1.80 bits per heavy atom. The largest absolute Gasteiger partial charge is 0.425 e. The fourth-order valence-corrected chi connectivity index (χ4v) is 4.99. The maximum absolute atomic E-state index is 14.9. The summed E-state index contributed by atoms with van der Waals surface area (Å²) in [5.41, 5.74) is -1.25. The summed E-state index contributed by atoms with van der Waals surface area (Å²) < 4.78 is 52.8. The Kier molecular flexibility index (Phi) is 7.16. The Balaban J connectivity index is 1.63. The molecule has 5 rings (SSSR count). The molecule has 0 spiro atoms. The number of carbonyl (C=O) groups is 1. The van der Waals surface area contributed by atoms with E-state index in [9.17, 15) is 23.1 Å². The van der Waals surface area contributed by atoms with E-state index in [0.717, 1.165) is 11.3 Å². The highest BCUT2D eigenvalue weighted by Gasteiger charge is 2.57. The van der Waals surface area contributed by atoms with Crippen LogP contribution >= 0.6 is 0 Å². The summed E-state index contributed by atoms with van der Waals surface area (Å²) in [5.74, 6) is -0.384. The number of aryl methyl sites for hydroxylation is 1. The first-order chi connectivity index (χ1) is 19.1. The molecule has 1 amide bonds. The number of nitrogens with one attached hydrogen (secondary N) is 1. The van der Waals surface area contributed by atoms with E-state index >= 15 is 0 Å². The van der Waals surface area contributed by atoms with Gasteiger partial charge in [-0.3, -0.25) is 4.79 Å². The lowest BCUT2D eigenvalue weighted by Gasteiger charge is -2.31. The molecule has 2 heterocycles. The Morgan fingerprint density at radius 3 is 2.50 bits per heavy atom. The molecule has 5 aromatic rings. The normalized spacial score (nSPS) is 14.4. The molecule has 208 valence electrons. The number of rotatable bonds is 8. The molecule has 2 unspecified atom stereocenters. The summed E-state index contributed by atoms with van der Waals surface area (Å²) >= 11 is 0. The lowest BCUT2D eigenvalue weighted by molar-refractivity contribution is -0.247. The first kappa shape index (κ1) is 27.4. The second-order valence-corrected chi connectivity index (χ2v) is 9.80. The van der Waals surface area contributed by atoms with Gasteiger partial charge in [-0.2, -0.15) is 18.3 Å². The van der Waals surface area contributed by atoms with Gasteiger partial charge >= 0.3 is 6.18 Å². The van der Waals surface area contributed by atoms with Crippen LogP contribution in [-0.4, -0.2) is 51.8 Å². The standard InChI is InChI=1S/C30H29F3N4O3/c1-19-8-11-23(12-9-19)37-26-13-10-22(16-21(26)17-35-37)29(39,30(31,32)33)25-18-36(27-7-5-4-6-24(25)27)20(2)28(38)34-14-15-40-3/h4-13,16-18,20,39H,14-15H2,1-3H3,(H,34,38). The van der Waals surface area contributed by atoms with E-state index in [4.69, 9.17) is 4.74 Å². The molecular weight excluding hydrogens is 521 g/mol. The molecule has 0 aliphatic heterocycles. The van der Waals surface area contributed by atoms with E-state index in [2.05, 4.69) is 10.4 Å². The maximum atomic E-state index is 14.9. The predicted molar refractivity (Wildman–Crippen MR) is 146 cm³/mol. The zero-order valence-electron chi connectivity index (χ0n) is 22.2. The summed E-state index contributed by atoms with van der Waals surface area (Å²) in [5, 5.41) is 19.3. The minimum Gasteiger partial charge on any atom is -0.383 e. The summed E-state index contributed by atoms with van der Waals surface area (Å²) in [6.45, 7) is 4.11. The molecule has 0 bridgehead atoms. The van der Waals surface area contributed by atoms with Gasteiger partial charge in [0, 0.05) is 41.7 Å². The van der Waals surface area contributed by atoms with E-state index in [1.165, 1.54) is 48.3 Å². The average molecular weight is 551 g/mol. The van der Waals surface area contributed by atoms with E-state index in [-0.39, 0.29) is 29.0 Å². The quantitative estimate of drug-likeness (QED) is 0.253. The van der Waals surface area contributed by atoms with E-state index in [0.29, 0.717) is 23.0 Å². The number of alkyl halides is 3. The van der Waals surface area contributed by atoms with Gasteiger partial charge in [-0.05, 0) is 49.7 Å². The lowest BCUT2D eigenvalue weighted by Crippen LogP contribution is -2.43. The third-order valence-electron chi connectivity index (χ3n) is 7.21. The number of nitrogens with zero attached hydrogens (tertiary/aromatic N) is 3. The number of amides is 1. The molecule has 0 saturated carbocycles. The van der Waals surface area contributed by atoms with Crippen LogP contribution in [0.5, 0.6) is 0 Å². The van der Waals surface area contributed by atoms with Crippen molar-refractivity contribution in [1.82, 2.24) is 19.7 Å². The average Bonchev–Trinajstić information content (AvgIpc) is 3.54. The second kappa shape index (κ2) is 10.4. The van der Waals surface area contributed by atoms with Gasteiger partial charge in [0.2, 0.25) is 11.5 Å². The zero-order chi connectivity index (χ0) is 28.7. The van der Waals surface area contributed by atoms with Crippen molar-refractivity contribution in [3.05, 3.63) is 95.8 Å². The van der Waals surface area contributed by atoms with Gasteiger partial charge in [0.15, 0.2) is 0 Å². The third kappa shape index (κ3) is 4.63. The topological polar surface area (TPSA) is 81.3 Å². The van der Waals surface area contributed by atoms with Gasteiger partial charge < -0.3 is 19.7 Å². The number of methoxy groups -OCH3 is 1. The third-order valence-corrected chi connectivity index (χ3v) is 7.21. The van der Waals surface area contributed by atoms with Crippen LogP contribution in [-0.2, 0) is 15.1 Å². The van der Waals surface area contributed by atoms with Crippen LogP contribution in [0, 0.1) is 6.92 Å². The Morgan fingerprint density at radius 1 is 1.07 bits per heavy atom. The van der Waals surface area contributed by atoms with Crippen molar-refractivity contribution in [2.45, 2.75) is 31.7 Å². The molecule has 10 heteroatoms. The van der Waals surface area contributed by atoms with Crippen molar-refractivity contribution in [2.24, 2.45) is 0 Å². The summed E-state index contributed by atoms with van der Waals surface area (Å²) in [4.78, 5) is 12.8. The molecule has 2 aromatic heterocycles. The number of halogens is 3. The smallest absolute Gasteiger partial charge is 0.383 e. The minimum atomic E-state index is -5.08. The van der Waals surface area contributed by atoms with Gasteiger partial charge in [-0.1, -0.05) is 42.0 Å². The fraction of sp³-hybridized carbons (Fsp3) is 0.267. The SMILES string of the molecule is COCCNC(=O)C(C)n1cc(C(O)(c2ccc3c(cnn3-c3ccc(C)cc3)c2)C(F)(F)F)c2ccccc21. The molecule has 2 N–H and O–H groups in total. The number of fused-ring (bicyclic) bond motifs is 2. The minimum absolute atomic E-state index is 0.189. The molecule has 7 nitrogen and oxygen atoms in total. The maximum Gasteiger partial charge on any atom is 0.425 e. The van der Waals surface area contributed by atoms with Crippen molar-refractivity contribution in [2.75, 3.05) is 20.3 Å². The number of hydrogen-bond donors (Lipinski definition) is 2. The first-order valence-corrected chi connectivity index (χ1v) is 12.8. The molecule has 0 radical (unpaired) electrons. The van der Waals surface area contributed by atoms with Crippen LogP contribution < -0.4 is 5.32 Å². The zero-order valence-corrected chi connectivity index (χ0v) is 22.2. The monoisotopic (exact) mass is 550 g/mol. The van der Waals surface area contributed by atoms with Crippen molar-refractivity contribution >= 4 is 27.7 Å². The molecule has 0 fully saturated rings. The van der Waals surface area contributed by atoms with Crippen LogP contribution in [0.25, 0.3) is 27.5 Å². The lowest BCUT2D eigenvalue weighted by atomic mass is 9.85. The summed E-state index contributed by atoms with van der Waals surface area (Å²) in [6, 6.07) is 17.3. The van der Waals surface area contributed by atoms with E-state index < -0.39 is 17.8 Å². The van der Waals surface area contributed by atoms with Gasteiger partial charge in [0.1, 0.15) is 6.04 Å². The molecule has 40 heavy (non-hydrogen) atoms. The number of aromatic nitrogens is 3. The molecule has 0 aliphatic carbocycles. The van der Waals surface area contributed by atoms with Gasteiger partial charge in [-0.25, -0.2) is 4.68 Å². The summed E-state index contributed by atoms with van der Waals surface area (Å²) in [7, 11) is 1.50. The highest BCUT2D eigenvalue weighted by atomic mass is 19.4. The van der Waals surface area contributed by atoms with Crippen molar-refractivity contribution in [3.63, 3.8) is 0 Å². The highest BCUT2D eigenvalue weighted by molar-refractivity contribution is 5.89. The number of ether oxygens (including phenoxy) is 1. The van der Waals surface area contributed by atoms with Gasteiger partial charge in [-0.15, -0.1) is 0 Å². The number of para-hydroxylation sites is 1. The predicted octanol–water partition coefficient (Wildman–Crippen LogP) is 5.41. The van der Waals surface area contributed by atoms with Crippen molar-refractivity contribution in [1.29, 1.82) is 0 Å². The first-order valence-electron chi connectivity index (χ1n) is 12.8. The van der Waals surface area contributed by atoms with Crippen LogP contribution in [0.2, 0.25) is 0 Å². The van der Waals surface area contributed by atoms with Gasteiger partial charge in [0.25, 0.3) is 0 Å². The van der Waals surface area contributed by atoms with Crippen LogP contribution in [0.15, 0.2) is 79.1 Å². The van der Waals surface area contributed by atoms with Gasteiger partial charge in [0.05, 0.1) is 24.0 Å². The fourth-order valence-electron chi connectivity index (χ4n) is 4.99. The number of aliphatic hydroxyl groups is 1.